The Balaban J connectivity index is 0.00000612. The van der Waals surface area contributed by atoms with Crippen molar-refractivity contribution in [3.8, 4) is 5.75 Å². The minimum absolute atomic E-state index is 0. The third-order valence-electron chi connectivity index (χ3n) is 4.13. The fourth-order valence-electron chi connectivity index (χ4n) is 2.52. The number of hydroxylamine groups is 2. The summed E-state index contributed by atoms with van der Waals surface area (Å²) in [5.41, 5.74) is -0.303. The number of esters is 1. The van der Waals surface area contributed by atoms with Gasteiger partial charge in [-0.05, 0) is 12.1 Å². The number of imide groups is 1. The van der Waals surface area contributed by atoms with Crippen molar-refractivity contribution in [3.63, 3.8) is 0 Å². The van der Waals surface area contributed by atoms with Gasteiger partial charge < -0.3 is 16.1 Å². The largest absolute Gasteiger partial charge is 1.00 e. The SMILES string of the molecule is O=C(CCSSCCC(=O)ON1C(=O)CC(S(=O)(=O)O)C1=O)Oc1ccc(CO)c([N+](=O)[O-])c1.[H-].[Na+]. The fraction of sp³-hybridized carbons (Fsp3) is 0.412. The van der Waals surface area contributed by atoms with E-state index in [0.717, 1.165) is 6.07 Å². The normalized spacial score (nSPS) is 15.5. The minimum Gasteiger partial charge on any atom is -1.00 e. The standard InChI is InChI=1S/C17H18N2O12S3.Na.H/c20-9-10-1-2-11(7-12(10)19(25)26)30-15(22)3-5-32-33-6-4-16(23)31-18-14(21)8-13(17(18)24)34(27,28)29;;/h1-2,7,13,20H,3-6,8-9H2,(H,27,28,29);;/q;+1;-1. The Hall–Kier alpha value is -1.73. The summed E-state index contributed by atoms with van der Waals surface area (Å²) in [6.45, 7) is -0.540. The predicted molar refractivity (Wildman–Crippen MR) is 118 cm³/mol. The zero-order chi connectivity index (χ0) is 25.5. The molecule has 0 aliphatic carbocycles. The van der Waals surface area contributed by atoms with E-state index in [1.165, 1.54) is 33.7 Å². The van der Waals surface area contributed by atoms with E-state index >= 15 is 0 Å². The molecule has 1 saturated heterocycles. The van der Waals surface area contributed by atoms with E-state index in [1.54, 1.807) is 0 Å². The van der Waals surface area contributed by atoms with Crippen molar-refractivity contribution in [1.82, 2.24) is 5.06 Å². The van der Waals surface area contributed by atoms with Gasteiger partial charge in [0.05, 0.1) is 42.4 Å². The van der Waals surface area contributed by atoms with Gasteiger partial charge in [-0.15, -0.1) is 5.06 Å². The van der Waals surface area contributed by atoms with Crippen LogP contribution in [0.15, 0.2) is 18.2 Å². The van der Waals surface area contributed by atoms with E-state index in [-0.39, 0.29) is 77.4 Å². The molecule has 0 saturated carbocycles. The van der Waals surface area contributed by atoms with Gasteiger partial charge in [0, 0.05) is 11.5 Å². The van der Waals surface area contributed by atoms with Gasteiger partial charge in [-0.25, -0.2) is 4.79 Å². The number of hydrogen-bond donors (Lipinski definition) is 2. The monoisotopic (exact) mass is 562 g/mol. The van der Waals surface area contributed by atoms with E-state index in [4.69, 9.17) is 14.4 Å². The van der Waals surface area contributed by atoms with Crippen LogP contribution >= 0.6 is 21.6 Å². The summed E-state index contributed by atoms with van der Waals surface area (Å²) in [6.07, 6.45) is -1.12. The molecule has 0 aromatic heterocycles. The number of carbonyl (C=O) groups excluding carboxylic acids is 4. The summed E-state index contributed by atoms with van der Waals surface area (Å²) in [6, 6.07) is 3.62. The second kappa shape index (κ2) is 14.1. The number of rotatable bonds is 12. The van der Waals surface area contributed by atoms with Gasteiger partial charge in [0.2, 0.25) is 0 Å². The number of nitro benzene ring substituents is 1. The van der Waals surface area contributed by atoms with Crippen LogP contribution in [-0.2, 0) is 40.7 Å². The van der Waals surface area contributed by atoms with Crippen LogP contribution in [0, 0.1) is 10.1 Å². The van der Waals surface area contributed by atoms with Crippen LogP contribution in [0.1, 0.15) is 26.3 Å². The number of amides is 2. The number of carbonyl (C=O) groups is 4. The molecular weight excluding hydrogens is 543 g/mol. The quantitative estimate of drug-likeness (QED) is 0.0317. The van der Waals surface area contributed by atoms with Crippen LogP contribution in [0.2, 0.25) is 0 Å². The summed E-state index contributed by atoms with van der Waals surface area (Å²) in [5, 5.41) is 18.1. The van der Waals surface area contributed by atoms with Crippen molar-refractivity contribution in [2.45, 2.75) is 31.1 Å². The smallest absolute Gasteiger partial charge is 1.00 e. The van der Waals surface area contributed by atoms with E-state index < -0.39 is 57.1 Å². The number of hydrogen-bond acceptors (Lipinski definition) is 13. The second-order valence-corrected chi connectivity index (χ2v) is 10.8. The number of nitro groups is 1. The molecule has 1 aromatic rings. The first-order valence-electron chi connectivity index (χ1n) is 9.31. The van der Waals surface area contributed by atoms with Crippen LogP contribution in [0.3, 0.4) is 0 Å². The molecular formula is C17H19N2NaO12S3. The first-order valence-corrected chi connectivity index (χ1v) is 13.3. The summed E-state index contributed by atoms with van der Waals surface area (Å²) in [4.78, 5) is 61.9. The van der Waals surface area contributed by atoms with Gasteiger partial charge in [0.15, 0.2) is 5.25 Å². The number of ether oxygens (including phenoxy) is 1. The first-order chi connectivity index (χ1) is 15.9. The molecule has 0 bridgehead atoms. The van der Waals surface area contributed by atoms with Crippen molar-refractivity contribution < 1.29 is 82.7 Å². The van der Waals surface area contributed by atoms with Crippen LogP contribution in [0.25, 0.3) is 0 Å². The van der Waals surface area contributed by atoms with Crippen molar-refractivity contribution in [2.24, 2.45) is 0 Å². The van der Waals surface area contributed by atoms with Crippen LogP contribution < -0.4 is 34.3 Å². The predicted octanol–water partition coefficient (Wildman–Crippen LogP) is -2.26. The summed E-state index contributed by atoms with van der Waals surface area (Å²) >= 11 is 0. The van der Waals surface area contributed by atoms with Crippen LogP contribution in [-0.4, -0.2) is 68.6 Å². The molecule has 2 amide bonds. The Morgan fingerprint density at radius 3 is 2.31 bits per heavy atom. The van der Waals surface area contributed by atoms with Crippen molar-refractivity contribution >= 4 is 61.1 Å². The maximum Gasteiger partial charge on any atom is 1.00 e. The van der Waals surface area contributed by atoms with Crippen molar-refractivity contribution in [1.29, 1.82) is 0 Å². The molecule has 1 fully saturated rings. The minimum atomic E-state index is -4.81. The van der Waals surface area contributed by atoms with E-state index in [0.29, 0.717) is 0 Å². The molecule has 1 unspecified atom stereocenters. The molecule has 35 heavy (non-hydrogen) atoms. The molecule has 0 spiro atoms. The molecule has 188 valence electrons. The molecule has 14 nitrogen and oxygen atoms in total. The zero-order valence-corrected chi connectivity index (χ0v) is 22.6. The zero-order valence-electron chi connectivity index (χ0n) is 19.1. The molecule has 2 N–H and O–H groups in total. The average Bonchev–Trinajstić information content (AvgIpc) is 3.04. The Labute approximate surface area is 230 Å². The van der Waals surface area contributed by atoms with E-state index in [9.17, 15) is 37.7 Å². The van der Waals surface area contributed by atoms with Crippen LogP contribution in [0.4, 0.5) is 5.69 Å². The number of aliphatic hydroxyl groups excluding tert-OH is 1. The average molecular weight is 563 g/mol. The Kier molecular flexibility index (Phi) is 12.6. The van der Waals surface area contributed by atoms with Gasteiger partial charge in [0.25, 0.3) is 27.6 Å². The Bertz CT molecular complexity index is 1100. The van der Waals surface area contributed by atoms with Crippen molar-refractivity contribution in [3.05, 3.63) is 33.9 Å². The van der Waals surface area contributed by atoms with Crippen LogP contribution in [0.5, 0.6) is 5.75 Å². The second-order valence-electron chi connectivity index (χ2n) is 6.52. The van der Waals surface area contributed by atoms with Gasteiger partial charge in [-0.1, -0.05) is 21.6 Å². The third kappa shape index (κ3) is 9.34. The molecule has 1 heterocycles. The molecule has 1 atom stereocenters. The summed E-state index contributed by atoms with van der Waals surface area (Å²) in [5.74, 6) is -3.65. The number of nitrogens with zero attached hydrogens (tertiary/aromatic N) is 2. The molecule has 2 rings (SSSR count). The topological polar surface area (TPSA) is 208 Å². The fourth-order valence-corrected chi connectivity index (χ4v) is 5.17. The van der Waals surface area contributed by atoms with Gasteiger partial charge in [-0.3, -0.25) is 29.1 Å². The molecule has 1 aliphatic heterocycles. The first kappa shape index (κ1) is 31.3. The number of benzene rings is 1. The van der Waals surface area contributed by atoms with Gasteiger partial charge in [-0.2, -0.15) is 8.42 Å². The molecule has 0 radical (unpaired) electrons. The van der Waals surface area contributed by atoms with E-state index in [1.807, 2.05) is 0 Å². The molecule has 18 heteroatoms. The maximum atomic E-state index is 11.9. The molecule has 1 aromatic carbocycles. The maximum absolute atomic E-state index is 11.9. The van der Waals surface area contributed by atoms with Gasteiger partial charge >= 0.3 is 41.5 Å². The molecule has 1 aliphatic rings. The summed E-state index contributed by atoms with van der Waals surface area (Å²) in [7, 11) is -2.43. The Morgan fingerprint density at radius 2 is 1.80 bits per heavy atom. The number of aliphatic hydroxyl groups is 1. The Morgan fingerprint density at radius 1 is 1.20 bits per heavy atom. The van der Waals surface area contributed by atoms with E-state index in [2.05, 4.69) is 4.84 Å². The van der Waals surface area contributed by atoms with Crippen molar-refractivity contribution in [2.75, 3.05) is 11.5 Å². The third-order valence-corrected chi connectivity index (χ3v) is 7.63. The van der Waals surface area contributed by atoms with Gasteiger partial charge in [0.1, 0.15) is 5.75 Å². The summed E-state index contributed by atoms with van der Waals surface area (Å²) < 4.78 is 36.0.